The van der Waals surface area contributed by atoms with Crippen LogP contribution in [0.3, 0.4) is 0 Å². The Labute approximate surface area is 104 Å². The molecular formula is C13H13N3O2. The number of nitro groups is 1. The third-order valence-electron chi connectivity index (χ3n) is 3.25. The molecule has 1 aliphatic heterocycles. The third kappa shape index (κ3) is 1.89. The standard InChI is InChI=1S/C13H13N3O2/c17-16(18)11-3-1-9(2-4-11)13-7-10-8-14-6-5-12(10)15-13/h1-4,7,14-15H,5-6,8H2. The molecule has 2 N–H and O–H groups in total. The SMILES string of the molecule is O=[N+]([O-])c1ccc(-c2cc3c([nH]2)CCNC3)cc1. The fourth-order valence-electron chi connectivity index (χ4n) is 2.28. The molecule has 0 saturated carbocycles. The minimum absolute atomic E-state index is 0.122. The number of aromatic nitrogens is 1. The number of nitro benzene ring substituents is 1. The van der Waals surface area contributed by atoms with Crippen LogP contribution in [-0.4, -0.2) is 16.5 Å². The monoisotopic (exact) mass is 243 g/mol. The van der Waals surface area contributed by atoms with Crippen LogP contribution in [0.15, 0.2) is 30.3 Å². The molecule has 0 amide bonds. The molecule has 0 fully saturated rings. The van der Waals surface area contributed by atoms with Crippen molar-refractivity contribution in [2.75, 3.05) is 6.54 Å². The molecule has 1 aromatic carbocycles. The molecule has 5 heteroatoms. The zero-order chi connectivity index (χ0) is 12.5. The predicted octanol–water partition coefficient (Wildman–Crippen LogP) is 2.24. The van der Waals surface area contributed by atoms with Crippen LogP contribution < -0.4 is 5.32 Å². The van der Waals surface area contributed by atoms with Gasteiger partial charge in [0, 0.05) is 43.0 Å². The minimum atomic E-state index is -0.382. The molecule has 0 aliphatic carbocycles. The first-order chi connectivity index (χ1) is 8.74. The van der Waals surface area contributed by atoms with Crippen molar-refractivity contribution < 1.29 is 4.92 Å². The molecule has 0 unspecified atom stereocenters. The maximum absolute atomic E-state index is 10.6. The van der Waals surface area contributed by atoms with Crippen molar-refractivity contribution in [1.29, 1.82) is 0 Å². The summed E-state index contributed by atoms with van der Waals surface area (Å²) in [4.78, 5) is 13.6. The van der Waals surface area contributed by atoms with Crippen molar-refractivity contribution in [1.82, 2.24) is 10.3 Å². The second kappa shape index (κ2) is 4.27. The van der Waals surface area contributed by atoms with Gasteiger partial charge in [-0.1, -0.05) is 0 Å². The van der Waals surface area contributed by atoms with E-state index in [1.807, 2.05) is 0 Å². The third-order valence-corrected chi connectivity index (χ3v) is 3.25. The maximum Gasteiger partial charge on any atom is 0.269 e. The van der Waals surface area contributed by atoms with Crippen LogP contribution in [0, 0.1) is 10.1 Å². The fraction of sp³-hybridized carbons (Fsp3) is 0.231. The number of hydrogen-bond donors (Lipinski definition) is 2. The van der Waals surface area contributed by atoms with Gasteiger partial charge in [-0.05, 0) is 29.3 Å². The highest BCUT2D eigenvalue weighted by Gasteiger charge is 2.13. The highest BCUT2D eigenvalue weighted by molar-refractivity contribution is 5.63. The van der Waals surface area contributed by atoms with Crippen molar-refractivity contribution in [3.05, 3.63) is 51.7 Å². The van der Waals surface area contributed by atoms with Crippen molar-refractivity contribution in [3.8, 4) is 11.3 Å². The van der Waals surface area contributed by atoms with Crippen molar-refractivity contribution in [2.45, 2.75) is 13.0 Å². The molecule has 0 saturated heterocycles. The van der Waals surface area contributed by atoms with E-state index >= 15 is 0 Å². The van der Waals surface area contributed by atoms with E-state index in [1.54, 1.807) is 12.1 Å². The molecule has 2 heterocycles. The number of fused-ring (bicyclic) bond motifs is 1. The molecule has 18 heavy (non-hydrogen) atoms. The van der Waals surface area contributed by atoms with Gasteiger partial charge >= 0.3 is 0 Å². The number of aromatic amines is 1. The van der Waals surface area contributed by atoms with E-state index in [9.17, 15) is 10.1 Å². The quantitative estimate of drug-likeness (QED) is 0.627. The van der Waals surface area contributed by atoms with Gasteiger partial charge in [0.1, 0.15) is 0 Å². The Morgan fingerprint density at radius 1 is 1.22 bits per heavy atom. The van der Waals surface area contributed by atoms with Crippen LogP contribution in [0.25, 0.3) is 11.3 Å². The van der Waals surface area contributed by atoms with E-state index in [2.05, 4.69) is 16.4 Å². The lowest BCUT2D eigenvalue weighted by molar-refractivity contribution is -0.384. The number of H-pyrrole nitrogens is 1. The zero-order valence-electron chi connectivity index (χ0n) is 9.77. The summed E-state index contributed by atoms with van der Waals surface area (Å²) < 4.78 is 0. The average molecular weight is 243 g/mol. The van der Waals surface area contributed by atoms with Gasteiger partial charge in [0.05, 0.1) is 4.92 Å². The summed E-state index contributed by atoms with van der Waals surface area (Å²) in [5.41, 5.74) is 4.68. The first-order valence-electron chi connectivity index (χ1n) is 5.90. The molecule has 1 aromatic heterocycles. The van der Waals surface area contributed by atoms with Crippen LogP contribution in [0.4, 0.5) is 5.69 Å². The molecule has 2 aromatic rings. The number of rotatable bonds is 2. The number of benzene rings is 1. The highest BCUT2D eigenvalue weighted by atomic mass is 16.6. The Hall–Kier alpha value is -2.14. The molecule has 5 nitrogen and oxygen atoms in total. The molecule has 0 radical (unpaired) electrons. The highest BCUT2D eigenvalue weighted by Crippen LogP contribution is 2.25. The van der Waals surface area contributed by atoms with E-state index in [4.69, 9.17) is 0 Å². The van der Waals surface area contributed by atoms with E-state index in [0.29, 0.717) is 0 Å². The number of nitrogens with zero attached hydrogens (tertiary/aromatic N) is 1. The predicted molar refractivity (Wildman–Crippen MR) is 68.3 cm³/mol. The van der Waals surface area contributed by atoms with Crippen molar-refractivity contribution in [2.24, 2.45) is 0 Å². The fourth-order valence-corrected chi connectivity index (χ4v) is 2.28. The largest absolute Gasteiger partial charge is 0.358 e. The minimum Gasteiger partial charge on any atom is -0.358 e. The second-order valence-corrected chi connectivity index (χ2v) is 4.42. The normalized spacial score (nSPS) is 14.2. The van der Waals surface area contributed by atoms with E-state index in [-0.39, 0.29) is 10.6 Å². The first-order valence-corrected chi connectivity index (χ1v) is 5.90. The van der Waals surface area contributed by atoms with Gasteiger partial charge in [0.2, 0.25) is 0 Å². The lowest BCUT2D eigenvalue weighted by Gasteiger charge is -2.11. The Morgan fingerprint density at radius 3 is 2.67 bits per heavy atom. The van der Waals surface area contributed by atoms with Crippen LogP contribution in [0.2, 0.25) is 0 Å². The number of hydrogen-bond acceptors (Lipinski definition) is 3. The van der Waals surface area contributed by atoms with Crippen LogP contribution >= 0.6 is 0 Å². The Bertz CT molecular complexity index is 563. The summed E-state index contributed by atoms with van der Waals surface area (Å²) in [5.74, 6) is 0. The van der Waals surface area contributed by atoms with E-state index in [1.165, 1.54) is 23.4 Å². The van der Waals surface area contributed by atoms with Crippen LogP contribution in [0.5, 0.6) is 0 Å². The molecule has 92 valence electrons. The summed E-state index contributed by atoms with van der Waals surface area (Å²) in [6.45, 7) is 1.88. The van der Waals surface area contributed by atoms with E-state index < -0.39 is 0 Å². The summed E-state index contributed by atoms with van der Waals surface area (Å²) in [5, 5.41) is 13.9. The van der Waals surface area contributed by atoms with Gasteiger partial charge < -0.3 is 10.3 Å². The molecule has 0 atom stereocenters. The number of nitrogens with one attached hydrogen (secondary N) is 2. The molecule has 1 aliphatic rings. The van der Waals surface area contributed by atoms with Crippen molar-refractivity contribution in [3.63, 3.8) is 0 Å². The molecule has 0 spiro atoms. The molecular weight excluding hydrogens is 230 g/mol. The van der Waals surface area contributed by atoms with Gasteiger partial charge in [-0.2, -0.15) is 0 Å². The zero-order valence-corrected chi connectivity index (χ0v) is 9.77. The topological polar surface area (TPSA) is 71.0 Å². The lowest BCUT2D eigenvalue weighted by Crippen LogP contribution is -2.22. The van der Waals surface area contributed by atoms with Gasteiger partial charge in [0.25, 0.3) is 5.69 Å². The van der Waals surface area contributed by atoms with Crippen LogP contribution in [0.1, 0.15) is 11.3 Å². The van der Waals surface area contributed by atoms with Gasteiger partial charge in [-0.15, -0.1) is 0 Å². The van der Waals surface area contributed by atoms with Gasteiger partial charge in [-0.25, -0.2) is 0 Å². The Balaban J connectivity index is 1.94. The average Bonchev–Trinajstić information content (AvgIpc) is 2.82. The summed E-state index contributed by atoms with van der Waals surface area (Å²) in [6, 6.07) is 8.75. The summed E-state index contributed by atoms with van der Waals surface area (Å²) in [7, 11) is 0. The summed E-state index contributed by atoms with van der Waals surface area (Å²) >= 11 is 0. The molecule has 0 bridgehead atoms. The van der Waals surface area contributed by atoms with Crippen molar-refractivity contribution >= 4 is 5.69 Å². The lowest BCUT2D eigenvalue weighted by atomic mass is 10.1. The number of non-ortho nitro benzene ring substituents is 1. The van der Waals surface area contributed by atoms with Crippen LogP contribution in [-0.2, 0) is 13.0 Å². The van der Waals surface area contributed by atoms with Gasteiger partial charge in [-0.3, -0.25) is 10.1 Å². The Kier molecular flexibility index (Phi) is 2.60. The maximum atomic E-state index is 10.6. The Morgan fingerprint density at radius 2 is 2.00 bits per heavy atom. The molecule has 3 rings (SSSR count). The van der Waals surface area contributed by atoms with E-state index in [0.717, 1.165) is 30.8 Å². The van der Waals surface area contributed by atoms with Gasteiger partial charge in [0.15, 0.2) is 0 Å². The first kappa shape index (κ1) is 11.0. The summed E-state index contributed by atoms with van der Waals surface area (Å²) in [6.07, 6.45) is 1.00. The second-order valence-electron chi connectivity index (χ2n) is 4.42. The smallest absolute Gasteiger partial charge is 0.269 e.